The van der Waals surface area contributed by atoms with Gasteiger partial charge >= 0.3 is 0 Å². The standard InChI is InChI=1S/C17H23N3O/c18-15(17(21)19-9-8-12-4-3-5-12)10-13-11-20-16-7-2-1-6-14(13)16/h1-2,6-7,11-12,15,20H,3-5,8-10,18H2,(H,19,21). The highest BCUT2D eigenvalue weighted by Crippen LogP contribution is 2.28. The Morgan fingerprint density at radius 3 is 2.95 bits per heavy atom. The highest BCUT2D eigenvalue weighted by molar-refractivity contribution is 5.86. The molecule has 4 N–H and O–H groups in total. The number of hydrogen-bond donors (Lipinski definition) is 3. The zero-order valence-electron chi connectivity index (χ0n) is 12.3. The van der Waals surface area contributed by atoms with Crippen LogP contribution in [0.3, 0.4) is 0 Å². The summed E-state index contributed by atoms with van der Waals surface area (Å²) < 4.78 is 0. The average Bonchev–Trinajstić information content (AvgIpc) is 2.85. The van der Waals surface area contributed by atoms with Crippen molar-refractivity contribution in [1.82, 2.24) is 10.3 Å². The SMILES string of the molecule is NC(Cc1c[nH]c2ccccc12)C(=O)NCCC1CCC1. The minimum atomic E-state index is -0.481. The fourth-order valence-electron chi connectivity index (χ4n) is 2.94. The quantitative estimate of drug-likeness (QED) is 0.762. The second-order valence-electron chi connectivity index (χ2n) is 6.05. The lowest BCUT2D eigenvalue weighted by Crippen LogP contribution is -2.42. The summed E-state index contributed by atoms with van der Waals surface area (Å²) in [6.45, 7) is 0.755. The van der Waals surface area contributed by atoms with Crippen molar-refractivity contribution in [3.63, 3.8) is 0 Å². The summed E-state index contributed by atoms with van der Waals surface area (Å²) in [7, 11) is 0. The van der Waals surface area contributed by atoms with E-state index in [1.165, 1.54) is 19.3 Å². The van der Waals surface area contributed by atoms with Crippen LogP contribution in [-0.4, -0.2) is 23.5 Å². The van der Waals surface area contributed by atoms with Crippen molar-refractivity contribution < 1.29 is 4.79 Å². The molecule has 1 heterocycles. The number of aromatic nitrogens is 1. The molecule has 1 atom stereocenters. The monoisotopic (exact) mass is 285 g/mol. The van der Waals surface area contributed by atoms with Gasteiger partial charge in [0.2, 0.25) is 5.91 Å². The highest BCUT2D eigenvalue weighted by atomic mass is 16.2. The molecule has 21 heavy (non-hydrogen) atoms. The topological polar surface area (TPSA) is 70.9 Å². The van der Waals surface area contributed by atoms with Gasteiger partial charge in [-0.15, -0.1) is 0 Å². The molecule has 3 rings (SSSR count). The van der Waals surface area contributed by atoms with Gasteiger partial charge in [-0.3, -0.25) is 4.79 Å². The molecule has 1 aromatic heterocycles. The number of amides is 1. The summed E-state index contributed by atoms with van der Waals surface area (Å²) in [6, 6.07) is 7.61. The van der Waals surface area contributed by atoms with Crippen molar-refractivity contribution in [2.24, 2.45) is 11.7 Å². The minimum absolute atomic E-state index is 0.0420. The number of hydrogen-bond acceptors (Lipinski definition) is 2. The van der Waals surface area contributed by atoms with Crippen LogP contribution in [0.2, 0.25) is 0 Å². The van der Waals surface area contributed by atoms with Gasteiger partial charge in [0.15, 0.2) is 0 Å². The van der Waals surface area contributed by atoms with Gasteiger partial charge in [0.1, 0.15) is 0 Å². The fraction of sp³-hybridized carbons (Fsp3) is 0.471. The van der Waals surface area contributed by atoms with E-state index in [1.54, 1.807) is 0 Å². The van der Waals surface area contributed by atoms with Crippen LogP contribution in [0.25, 0.3) is 10.9 Å². The first-order valence-electron chi connectivity index (χ1n) is 7.82. The van der Waals surface area contributed by atoms with Crippen LogP contribution in [0.5, 0.6) is 0 Å². The number of para-hydroxylation sites is 1. The number of nitrogens with one attached hydrogen (secondary N) is 2. The molecule has 0 radical (unpaired) electrons. The Kier molecular flexibility index (Phi) is 4.25. The number of fused-ring (bicyclic) bond motifs is 1. The Morgan fingerprint density at radius 2 is 2.19 bits per heavy atom. The molecular formula is C17H23N3O. The van der Waals surface area contributed by atoms with E-state index >= 15 is 0 Å². The smallest absolute Gasteiger partial charge is 0.237 e. The molecule has 2 aromatic rings. The molecule has 0 bridgehead atoms. The van der Waals surface area contributed by atoms with Crippen LogP contribution in [0, 0.1) is 5.92 Å². The summed E-state index contributed by atoms with van der Waals surface area (Å²) in [5.41, 5.74) is 8.23. The zero-order chi connectivity index (χ0) is 14.7. The van der Waals surface area contributed by atoms with E-state index in [0.29, 0.717) is 6.42 Å². The molecule has 1 saturated carbocycles. The molecule has 1 fully saturated rings. The maximum atomic E-state index is 12.0. The van der Waals surface area contributed by atoms with E-state index < -0.39 is 6.04 Å². The third-order valence-corrected chi connectivity index (χ3v) is 4.53. The van der Waals surface area contributed by atoms with Crippen molar-refractivity contribution in [3.8, 4) is 0 Å². The molecule has 1 aliphatic rings. The van der Waals surface area contributed by atoms with Gasteiger partial charge in [-0.05, 0) is 30.4 Å². The minimum Gasteiger partial charge on any atom is -0.361 e. The van der Waals surface area contributed by atoms with Crippen molar-refractivity contribution in [3.05, 3.63) is 36.0 Å². The number of rotatable bonds is 6. The number of carbonyl (C=O) groups is 1. The van der Waals surface area contributed by atoms with Gasteiger partial charge in [0, 0.05) is 23.6 Å². The van der Waals surface area contributed by atoms with E-state index in [-0.39, 0.29) is 5.91 Å². The Labute approximate surface area is 125 Å². The predicted octanol–water partition coefficient (Wildman–Crippen LogP) is 2.34. The van der Waals surface area contributed by atoms with Gasteiger partial charge in [0.25, 0.3) is 0 Å². The molecule has 4 nitrogen and oxygen atoms in total. The third-order valence-electron chi connectivity index (χ3n) is 4.53. The molecule has 0 saturated heterocycles. The van der Waals surface area contributed by atoms with Crippen molar-refractivity contribution in [2.45, 2.75) is 38.1 Å². The molecule has 0 spiro atoms. The Hall–Kier alpha value is -1.81. The highest BCUT2D eigenvalue weighted by Gasteiger charge is 2.19. The number of carbonyl (C=O) groups excluding carboxylic acids is 1. The molecule has 1 unspecified atom stereocenters. The van der Waals surface area contributed by atoms with Crippen molar-refractivity contribution in [2.75, 3.05) is 6.54 Å². The molecule has 112 valence electrons. The Morgan fingerprint density at radius 1 is 1.38 bits per heavy atom. The van der Waals surface area contributed by atoms with E-state index in [2.05, 4.69) is 16.4 Å². The molecule has 4 heteroatoms. The van der Waals surface area contributed by atoms with Crippen LogP contribution < -0.4 is 11.1 Å². The first-order valence-corrected chi connectivity index (χ1v) is 7.82. The lowest BCUT2D eigenvalue weighted by Gasteiger charge is -2.25. The largest absolute Gasteiger partial charge is 0.361 e. The van der Waals surface area contributed by atoms with E-state index in [9.17, 15) is 4.79 Å². The molecule has 1 amide bonds. The van der Waals surface area contributed by atoms with Crippen molar-refractivity contribution in [1.29, 1.82) is 0 Å². The Bertz CT molecular complexity index is 615. The second-order valence-corrected chi connectivity index (χ2v) is 6.05. The maximum absolute atomic E-state index is 12.0. The lowest BCUT2D eigenvalue weighted by atomic mass is 9.83. The number of nitrogens with two attached hydrogens (primary N) is 1. The average molecular weight is 285 g/mol. The van der Waals surface area contributed by atoms with Gasteiger partial charge in [-0.1, -0.05) is 37.5 Å². The van der Waals surface area contributed by atoms with E-state index in [0.717, 1.165) is 35.3 Å². The zero-order valence-corrected chi connectivity index (χ0v) is 12.3. The van der Waals surface area contributed by atoms with Gasteiger partial charge in [0.05, 0.1) is 6.04 Å². The molecular weight excluding hydrogens is 262 g/mol. The van der Waals surface area contributed by atoms with E-state index in [4.69, 9.17) is 5.73 Å². The van der Waals surface area contributed by atoms with Crippen LogP contribution in [0.1, 0.15) is 31.2 Å². The Balaban J connectivity index is 1.52. The van der Waals surface area contributed by atoms with Crippen LogP contribution in [-0.2, 0) is 11.2 Å². The summed E-state index contributed by atoms with van der Waals surface area (Å²) >= 11 is 0. The first kappa shape index (κ1) is 14.1. The van der Waals surface area contributed by atoms with Gasteiger partial charge in [-0.25, -0.2) is 0 Å². The maximum Gasteiger partial charge on any atom is 0.237 e. The summed E-state index contributed by atoms with van der Waals surface area (Å²) in [6.07, 6.45) is 7.59. The predicted molar refractivity (Wildman–Crippen MR) is 84.9 cm³/mol. The molecule has 1 aliphatic carbocycles. The number of H-pyrrole nitrogens is 1. The molecule has 1 aromatic carbocycles. The van der Waals surface area contributed by atoms with Gasteiger partial charge in [-0.2, -0.15) is 0 Å². The summed E-state index contributed by atoms with van der Waals surface area (Å²) in [4.78, 5) is 15.3. The third kappa shape index (κ3) is 3.27. The lowest BCUT2D eigenvalue weighted by molar-refractivity contribution is -0.122. The second kappa shape index (κ2) is 6.31. The van der Waals surface area contributed by atoms with Crippen LogP contribution in [0.4, 0.5) is 0 Å². The summed E-state index contributed by atoms with van der Waals surface area (Å²) in [5, 5.41) is 4.12. The normalized spacial score (nSPS) is 16.6. The van der Waals surface area contributed by atoms with Crippen LogP contribution in [0.15, 0.2) is 30.5 Å². The van der Waals surface area contributed by atoms with E-state index in [1.807, 2.05) is 24.4 Å². The van der Waals surface area contributed by atoms with Gasteiger partial charge < -0.3 is 16.0 Å². The number of benzene rings is 1. The van der Waals surface area contributed by atoms with Crippen LogP contribution >= 0.6 is 0 Å². The first-order chi connectivity index (χ1) is 10.2. The fourth-order valence-corrected chi connectivity index (χ4v) is 2.94. The number of aromatic amines is 1. The summed E-state index contributed by atoms with van der Waals surface area (Å²) in [5.74, 6) is 0.773. The van der Waals surface area contributed by atoms with Crippen molar-refractivity contribution >= 4 is 16.8 Å². The molecule has 0 aliphatic heterocycles.